The fourth-order valence-electron chi connectivity index (χ4n) is 1.46. The van der Waals surface area contributed by atoms with Gasteiger partial charge in [0.2, 0.25) is 0 Å². The van der Waals surface area contributed by atoms with Gasteiger partial charge in [-0.1, -0.05) is 38.4 Å². The third-order valence-electron chi connectivity index (χ3n) is 2.55. The first kappa shape index (κ1) is 14.3. The van der Waals surface area contributed by atoms with E-state index in [0.29, 0.717) is 18.6 Å². The summed E-state index contributed by atoms with van der Waals surface area (Å²) in [6.45, 7) is 10.2. The van der Waals surface area contributed by atoms with Crippen LogP contribution >= 0.6 is 11.6 Å². The van der Waals surface area contributed by atoms with Crippen molar-refractivity contribution in [1.29, 1.82) is 0 Å². The second-order valence-corrected chi connectivity index (χ2v) is 5.33. The molecule has 0 aliphatic rings. The standard InChI is InChI=1S/C14H22ClNO/c1-10(2)16-8-11(3)9-17-14-7-13(15)6-5-12(14)4/h5-7,10-11,16H,8-9H2,1-4H3. The maximum absolute atomic E-state index is 5.94. The topological polar surface area (TPSA) is 21.3 Å². The van der Waals surface area contributed by atoms with Crippen LogP contribution in [0.2, 0.25) is 5.02 Å². The number of nitrogens with one attached hydrogen (secondary N) is 1. The van der Waals surface area contributed by atoms with E-state index in [0.717, 1.165) is 22.9 Å². The first-order valence-corrected chi connectivity index (χ1v) is 6.49. The molecule has 1 aromatic carbocycles. The lowest BCUT2D eigenvalue weighted by Gasteiger charge is -2.16. The maximum atomic E-state index is 5.94. The minimum absolute atomic E-state index is 0.482. The first-order valence-electron chi connectivity index (χ1n) is 6.11. The van der Waals surface area contributed by atoms with Crippen molar-refractivity contribution in [2.75, 3.05) is 13.2 Å². The van der Waals surface area contributed by atoms with Crippen LogP contribution in [0.1, 0.15) is 26.3 Å². The molecular weight excluding hydrogens is 234 g/mol. The summed E-state index contributed by atoms with van der Waals surface area (Å²) in [6, 6.07) is 6.26. The third-order valence-corrected chi connectivity index (χ3v) is 2.78. The molecule has 0 bridgehead atoms. The average Bonchev–Trinajstić information content (AvgIpc) is 2.27. The molecule has 0 saturated carbocycles. The summed E-state index contributed by atoms with van der Waals surface area (Å²) in [5, 5.41) is 4.12. The Bertz CT molecular complexity index is 352. The van der Waals surface area contributed by atoms with Crippen LogP contribution < -0.4 is 10.1 Å². The van der Waals surface area contributed by atoms with Gasteiger partial charge in [-0.15, -0.1) is 0 Å². The number of benzene rings is 1. The van der Waals surface area contributed by atoms with Crippen molar-refractivity contribution >= 4 is 11.6 Å². The van der Waals surface area contributed by atoms with Gasteiger partial charge < -0.3 is 10.1 Å². The molecule has 0 aliphatic heterocycles. The average molecular weight is 256 g/mol. The lowest BCUT2D eigenvalue weighted by atomic mass is 10.2. The molecule has 0 aliphatic carbocycles. The second-order valence-electron chi connectivity index (χ2n) is 4.89. The van der Waals surface area contributed by atoms with Crippen molar-refractivity contribution in [2.24, 2.45) is 5.92 Å². The number of halogens is 1. The maximum Gasteiger partial charge on any atom is 0.123 e. The number of hydrogen-bond acceptors (Lipinski definition) is 2. The van der Waals surface area contributed by atoms with Crippen LogP contribution in [0.15, 0.2) is 18.2 Å². The van der Waals surface area contributed by atoms with E-state index in [2.05, 4.69) is 26.1 Å². The van der Waals surface area contributed by atoms with Gasteiger partial charge in [-0.3, -0.25) is 0 Å². The van der Waals surface area contributed by atoms with Gasteiger partial charge in [-0.05, 0) is 24.6 Å². The molecule has 0 spiro atoms. The van der Waals surface area contributed by atoms with Crippen molar-refractivity contribution < 1.29 is 4.74 Å². The summed E-state index contributed by atoms with van der Waals surface area (Å²) < 4.78 is 5.79. The highest BCUT2D eigenvalue weighted by Crippen LogP contribution is 2.22. The summed E-state index contributed by atoms with van der Waals surface area (Å²) in [6.07, 6.45) is 0. The molecule has 0 heterocycles. The molecular formula is C14H22ClNO. The summed E-state index contributed by atoms with van der Waals surface area (Å²) >= 11 is 5.94. The second kappa shape index (κ2) is 6.87. The Morgan fingerprint density at radius 1 is 1.29 bits per heavy atom. The summed E-state index contributed by atoms with van der Waals surface area (Å²) in [5.74, 6) is 1.37. The smallest absolute Gasteiger partial charge is 0.123 e. The number of ether oxygens (including phenoxy) is 1. The molecule has 0 radical (unpaired) electrons. The van der Waals surface area contributed by atoms with Crippen molar-refractivity contribution in [3.05, 3.63) is 28.8 Å². The third kappa shape index (κ3) is 5.42. The van der Waals surface area contributed by atoms with Gasteiger partial charge in [0, 0.05) is 23.5 Å². The zero-order chi connectivity index (χ0) is 12.8. The lowest BCUT2D eigenvalue weighted by Crippen LogP contribution is -2.30. The van der Waals surface area contributed by atoms with Crippen molar-refractivity contribution in [1.82, 2.24) is 5.32 Å². The summed E-state index contributed by atoms with van der Waals surface area (Å²) in [4.78, 5) is 0. The monoisotopic (exact) mass is 255 g/mol. The van der Waals surface area contributed by atoms with Crippen molar-refractivity contribution in [3.63, 3.8) is 0 Å². The molecule has 0 fully saturated rings. The predicted octanol–water partition coefficient (Wildman–Crippen LogP) is 3.66. The number of hydrogen-bond donors (Lipinski definition) is 1. The Labute approximate surface area is 109 Å². The lowest BCUT2D eigenvalue weighted by molar-refractivity contribution is 0.251. The highest BCUT2D eigenvalue weighted by Gasteiger charge is 2.06. The van der Waals surface area contributed by atoms with Crippen LogP contribution in [0, 0.1) is 12.8 Å². The molecule has 0 saturated heterocycles. The van der Waals surface area contributed by atoms with Gasteiger partial charge >= 0.3 is 0 Å². The molecule has 1 unspecified atom stereocenters. The normalized spacial score (nSPS) is 12.8. The molecule has 2 nitrogen and oxygen atoms in total. The first-order chi connectivity index (χ1) is 7.99. The van der Waals surface area contributed by atoms with E-state index in [9.17, 15) is 0 Å². The van der Waals surface area contributed by atoms with Crippen LogP contribution in [0.25, 0.3) is 0 Å². The number of aryl methyl sites for hydroxylation is 1. The number of rotatable bonds is 6. The minimum atomic E-state index is 0.482. The molecule has 3 heteroatoms. The molecule has 1 aromatic rings. The van der Waals surface area contributed by atoms with Gasteiger partial charge in [0.25, 0.3) is 0 Å². The Hall–Kier alpha value is -0.730. The molecule has 0 amide bonds. The summed E-state index contributed by atoms with van der Waals surface area (Å²) in [7, 11) is 0. The van der Waals surface area contributed by atoms with Crippen LogP contribution in [-0.4, -0.2) is 19.2 Å². The highest BCUT2D eigenvalue weighted by atomic mass is 35.5. The molecule has 0 aromatic heterocycles. The van der Waals surface area contributed by atoms with Gasteiger partial charge in [0.15, 0.2) is 0 Å². The van der Waals surface area contributed by atoms with Crippen LogP contribution in [0.4, 0.5) is 0 Å². The van der Waals surface area contributed by atoms with E-state index in [-0.39, 0.29) is 0 Å². The Balaban J connectivity index is 2.41. The van der Waals surface area contributed by atoms with Crippen LogP contribution in [0.5, 0.6) is 5.75 Å². The predicted molar refractivity (Wildman–Crippen MR) is 74.0 cm³/mol. The summed E-state index contributed by atoms with van der Waals surface area (Å²) in [5.41, 5.74) is 1.12. The fraction of sp³-hybridized carbons (Fsp3) is 0.571. The van der Waals surface area contributed by atoms with Gasteiger partial charge in [-0.2, -0.15) is 0 Å². The molecule has 1 atom stereocenters. The molecule has 1 N–H and O–H groups in total. The van der Waals surface area contributed by atoms with Gasteiger partial charge in [0.1, 0.15) is 5.75 Å². The molecule has 17 heavy (non-hydrogen) atoms. The SMILES string of the molecule is Cc1ccc(Cl)cc1OCC(C)CNC(C)C. The zero-order valence-electron chi connectivity index (χ0n) is 11.1. The quantitative estimate of drug-likeness (QED) is 0.838. The van der Waals surface area contributed by atoms with Gasteiger partial charge in [-0.25, -0.2) is 0 Å². The van der Waals surface area contributed by atoms with E-state index in [1.165, 1.54) is 0 Å². The van der Waals surface area contributed by atoms with E-state index >= 15 is 0 Å². The molecule has 1 rings (SSSR count). The Morgan fingerprint density at radius 3 is 2.65 bits per heavy atom. The molecule has 96 valence electrons. The Kier molecular flexibility index (Phi) is 5.79. The van der Waals surface area contributed by atoms with Crippen LogP contribution in [-0.2, 0) is 0 Å². The van der Waals surface area contributed by atoms with Crippen molar-refractivity contribution in [3.8, 4) is 5.75 Å². The van der Waals surface area contributed by atoms with Crippen LogP contribution in [0.3, 0.4) is 0 Å². The van der Waals surface area contributed by atoms with Gasteiger partial charge in [0.05, 0.1) is 6.61 Å². The fourth-order valence-corrected chi connectivity index (χ4v) is 1.62. The largest absolute Gasteiger partial charge is 0.493 e. The van der Waals surface area contributed by atoms with E-state index < -0.39 is 0 Å². The van der Waals surface area contributed by atoms with E-state index in [4.69, 9.17) is 16.3 Å². The minimum Gasteiger partial charge on any atom is -0.493 e. The highest BCUT2D eigenvalue weighted by molar-refractivity contribution is 6.30. The Morgan fingerprint density at radius 2 is 2.00 bits per heavy atom. The van der Waals surface area contributed by atoms with Crippen molar-refractivity contribution in [2.45, 2.75) is 33.7 Å². The van der Waals surface area contributed by atoms with E-state index in [1.54, 1.807) is 0 Å². The van der Waals surface area contributed by atoms with E-state index in [1.807, 2.05) is 25.1 Å². The zero-order valence-corrected chi connectivity index (χ0v) is 11.8.